The average Bonchev–Trinajstić information content (AvgIpc) is 2.62. The fraction of sp³-hybridized carbons (Fsp3) is 0.222. The number of fused-ring (bicyclic) bond motifs is 1. The maximum absolute atomic E-state index is 10.9. The minimum atomic E-state index is -0.489. The van der Waals surface area contributed by atoms with E-state index in [1.165, 1.54) is 0 Å². The number of hydrogen-bond donors (Lipinski definition) is 1. The molecule has 1 heterocycles. The van der Waals surface area contributed by atoms with Crippen molar-refractivity contribution in [2.24, 2.45) is 5.73 Å². The SMILES string of the molecule is NC(=O)C(Br)c1ccc2c(c1)OCO2. The summed E-state index contributed by atoms with van der Waals surface area (Å²) in [6, 6.07) is 5.28. The summed E-state index contributed by atoms with van der Waals surface area (Å²) in [6.45, 7) is 0.225. The van der Waals surface area contributed by atoms with Gasteiger partial charge in [0.2, 0.25) is 12.7 Å². The third-order valence-corrected chi connectivity index (χ3v) is 2.92. The van der Waals surface area contributed by atoms with Gasteiger partial charge < -0.3 is 15.2 Å². The van der Waals surface area contributed by atoms with Crippen molar-refractivity contribution in [1.29, 1.82) is 0 Å². The Balaban J connectivity index is 2.33. The highest BCUT2D eigenvalue weighted by Gasteiger charge is 2.18. The number of amides is 1. The Bertz CT molecular complexity index is 380. The predicted molar refractivity (Wildman–Crippen MR) is 53.4 cm³/mol. The Morgan fingerprint density at radius 3 is 2.86 bits per heavy atom. The van der Waals surface area contributed by atoms with Crippen molar-refractivity contribution >= 4 is 21.8 Å². The van der Waals surface area contributed by atoms with Crippen LogP contribution in [0.4, 0.5) is 0 Å². The smallest absolute Gasteiger partial charge is 0.235 e. The number of carbonyl (C=O) groups excluding carboxylic acids is 1. The number of benzene rings is 1. The van der Waals surface area contributed by atoms with E-state index in [0.717, 1.165) is 5.56 Å². The summed E-state index contributed by atoms with van der Waals surface area (Å²) in [4.78, 5) is 10.4. The van der Waals surface area contributed by atoms with Gasteiger partial charge in [0, 0.05) is 0 Å². The zero-order valence-electron chi connectivity index (χ0n) is 7.20. The maximum atomic E-state index is 10.9. The van der Waals surface area contributed by atoms with Gasteiger partial charge in [-0.25, -0.2) is 0 Å². The summed E-state index contributed by atoms with van der Waals surface area (Å²) in [7, 11) is 0. The first-order chi connectivity index (χ1) is 6.68. The molecule has 1 aliphatic heterocycles. The molecular formula is C9H8BrNO3. The lowest BCUT2D eigenvalue weighted by atomic mass is 10.1. The van der Waals surface area contributed by atoms with E-state index in [4.69, 9.17) is 15.2 Å². The van der Waals surface area contributed by atoms with Crippen LogP contribution in [-0.4, -0.2) is 12.7 Å². The Hall–Kier alpha value is -1.23. The molecule has 5 heteroatoms. The highest BCUT2D eigenvalue weighted by atomic mass is 79.9. The molecule has 0 bridgehead atoms. The van der Waals surface area contributed by atoms with Gasteiger partial charge >= 0.3 is 0 Å². The first-order valence-electron chi connectivity index (χ1n) is 4.01. The lowest BCUT2D eigenvalue weighted by Crippen LogP contribution is -2.16. The van der Waals surface area contributed by atoms with E-state index < -0.39 is 10.7 Å². The molecule has 1 aromatic carbocycles. The van der Waals surface area contributed by atoms with Crippen LogP contribution < -0.4 is 15.2 Å². The van der Waals surface area contributed by atoms with Crippen LogP contribution in [-0.2, 0) is 4.79 Å². The summed E-state index contributed by atoms with van der Waals surface area (Å²) in [5.41, 5.74) is 5.92. The molecule has 1 unspecified atom stereocenters. The van der Waals surface area contributed by atoms with E-state index in [0.29, 0.717) is 11.5 Å². The van der Waals surface area contributed by atoms with Crippen LogP contribution >= 0.6 is 15.9 Å². The van der Waals surface area contributed by atoms with Crippen LogP contribution in [0.1, 0.15) is 10.4 Å². The van der Waals surface area contributed by atoms with E-state index in [2.05, 4.69) is 15.9 Å². The summed E-state index contributed by atoms with van der Waals surface area (Å²) < 4.78 is 10.3. The van der Waals surface area contributed by atoms with Crippen LogP contribution in [0.3, 0.4) is 0 Å². The van der Waals surface area contributed by atoms with Crippen LogP contribution in [0.5, 0.6) is 11.5 Å². The number of nitrogens with two attached hydrogens (primary N) is 1. The van der Waals surface area contributed by atoms with E-state index in [9.17, 15) is 4.79 Å². The average molecular weight is 258 g/mol. The first-order valence-corrected chi connectivity index (χ1v) is 4.93. The van der Waals surface area contributed by atoms with E-state index in [1.807, 2.05) is 0 Å². The largest absolute Gasteiger partial charge is 0.454 e. The lowest BCUT2D eigenvalue weighted by Gasteiger charge is -2.06. The number of halogens is 1. The second-order valence-corrected chi connectivity index (χ2v) is 3.79. The number of hydrogen-bond acceptors (Lipinski definition) is 3. The van der Waals surface area contributed by atoms with Crippen LogP contribution in [0, 0.1) is 0 Å². The third kappa shape index (κ3) is 1.55. The highest BCUT2D eigenvalue weighted by molar-refractivity contribution is 9.09. The molecule has 1 amide bonds. The summed E-state index contributed by atoms with van der Waals surface area (Å²) >= 11 is 3.19. The number of primary amides is 1. The van der Waals surface area contributed by atoms with E-state index >= 15 is 0 Å². The fourth-order valence-electron chi connectivity index (χ4n) is 1.24. The van der Waals surface area contributed by atoms with Crippen molar-refractivity contribution in [2.75, 3.05) is 6.79 Å². The Morgan fingerprint density at radius 2 is 2.14 bits per heavy atom. The second-order valence-electron chi connectivity index (χ2n) is 2.88. The molecular weight excluding hydrogens is 250 g/mol. The van der Waals surface area contributed by atoms with Gasteiger partial charge in [0.05, 0.1) is 0 Å². The Kier molecular flexibility index (Phi) is 2.33. The van der Waals surface area contributed by atoms with Crippen molar-refractivity contribution < 1.29 is 14.3 Å². The minimum Gasteiger partial charge on any atom is -0.454 e. The van der Waals surface area contributed by atoms with Gasteiger partial charge in [-0.1, -0.05) is 22.0 Å². The standard InChI is InChI=1S/C9H8BrNO3/c10-8(9(11)12)5-1-2-6-7(3-5)14-4-13-6/h1-3,8H,4H2,(H2,11,12). The number of carbonyl (C=O) groups is 1. The van der Waals surface area contributed by atoms with Gasteiger partial charge in [-0.2, -0.15) is 0 Å². The lowest BCUT2D eigenvalue weighted by molar-refractivity contribution is -0.117. The molecule has 14 heavy (non-hydrogen) atoms. The molecule has 1 aliphatic rings. The van der Waals surface area contributed by atoms with E-state index in [-0.39, 0.29) is 6.79 Å². The minimum absolute atomic E-state index is 0.225. The monoisotopic (exact) mass is 257 g/mol. The Morgan fingerprint density at radius 1 is 1.43 bits per heavy atom. The molecule has 4 nitrogen and oxygen atoms in total. The molecule has 0 fully saturated rings. The Labute approximate surface area is 89.1 Å². The normalized spacial score (nSPS) is 15.2. The molecule has 2 N–H and O–H groups in total. The fourth-order valence-corrected chi connectivity index (χ4v) is 1.52. The van der Waals surface area contributed by atoms with Crippen molar-refractivity contribution in [1.82, 2.24) is 0 Å². The summed E-state index contributed by atoms with van der Waals surface area (Å²) in [5.74, 6) is 0.912. The number of ether oxygens (including phenoxy) is 2. The topological polar surface area (TPSA) is 61.6 Å². The molecule has 0 aromatic heterocycles. The maximum Gasteiger partial charge on any atom is 0.235 e. The number of rotatable bonds is 2. The quantitative estimate of drug-likeness (QED) is 0.814. The summed E-state index contributed by atoms with van der Waals surface area (Å²) in [6.07, 6.45) is 0. The molecule has 0 spiro atoms. The molecule has 2 rings (SSSR count). The predicted octanol–water partition coefficient (Wildman–Crippen LogP) is 1.34. The van der Waals surface area contributed by atoms with Crippen LogP contribution in [0.2, 0.25) is 0 Å². The molecule has 0 radical (unpaired) electrons. The van der Waals surface area contributed by atoms with Gasteiger partial charge in [0.25, 0.3) is 0 Å². The summed E-state index contributed by atoms with van der Waals surface area (Å²) in [5, 5.41) is 0. The van der Waals surface area contributed by atoms with Gasteiger partial charge in [0.15, 0.2) is 11.5 Å². The van der Waals surface area contributed by atoms with Gasteiger partial charge in [-0.15, -0.1) is 0 Å². The molecule has 1 aromatic rings. The van der Waals surface area contributed by atoms with Gasteiger partial charge in [-0.05, 0) is 17.7 Å². The van der Waals surface area contributed by atoms with Crippen molar-refractivity contribution in [3.63, 3.8) is 0 Å². The second kappa shape index (κ2) is 3.49. The van der Waals surface area contributed by atoms with Crippen LogP contribution in [0.25, 0.3) is 0 Å². The van der Waals surface area contributed by atoms with E-state index in [1.54, 1.807) is 18.2 Å². The molecule has 0 saturated heterocycles. The number of alkyl halides is 1. The third-order valence-electron chi connectivity index (χ3n) is 1.94. The highest BCUT2D eigenvalue weighted by Crippen LogP contribution is 2.35. The van der Waals surface area contributed by atoms with Crippen molar-refractivity contribution in [3.8, 4) is 11.5 Å². The van der Waals surface area contributed by atoms with Crippen molar-refractivity contribution in [2.45, 2.75) is 4.83 Å². The molecule has 0 saturated carbocycles. The molecule has 74 valence electrons. The first kappa shape index (κ1) is 9.33. The molecule has 0 aliphatic carbocycles. The van der Waals surface area contributed by atoms with Crippen molar-refractivity contribution in [3.05, 3.63) is 23.8 Å². The van der Waals surface area contributed by atoms with Gasteiger partial charge in [-0.3, -0.25) is 4.79 Å². The molecule has 1 atom stereocenters. The zero-order chi connectivity index (χ0) is 10.1. The zero-order valence-corrected chi connectivity index (χ0v) is 8.78. The van der Waals surface area contributed by atoms with Gasteiger partial charge in [0.1, 0.15) is 4.83 Å². The van der Waals surface area contributed by atoms with Crippen LogP contribution in [0.15, 0.2) is 18.2 Å².